The lowest BCUT2D eigenvalue weighted by molar-refractivity contribution is 0.383. The van der Waals surface area contributed by atoms with Crippen molar-refractivity contribution >= 4 is 28.3 Å². The van der Waals surface area contributed by atoms with Gasteiger partial charge in [0.15, 0.2) is 0 Å². The molecule has 2 nitrogen and oxygen atoms in total. The van der Waals surface area contributed by atoms with Crippen molar-refractivity contribution in [2.75, 3.05) is 11.9 Å². The zero-order valence-corrected chi connectivity index (χ0v) is 22.2. The summed E-state index contributed by atoms with van der Waals surface area (Å²) in [4.78, 5) is 4.66. The van der Waals surface area contributed by atoms with Gasteiger partial charge in [-0.2, -0.15) is 0 Å². The Morgan fingerprint density at radius 1 is 0.833 bits per heavy atom. The summed E-state index contributed by atoms with van der Waals surface area (Å²) in [6, 6.07) is 9.71. The van der Waals surface area contributed by atoms with Crippen LogP contribution in [0.3, 0.4) is 0 Å². The van der Waals surface area contributed by atoms with Gasteiger partial charge < -0.3 is 9.80 Å². The van der Waals surface area contributed by atoms with E-state index in [0.29, 0.717) is 23.9 Å². The van der Waals surface area contributed by atoms with Crippen LogP contribution in [0.1, 0.15) is 88.5 Å². The Hall–Kier alpha value is -1.49. The summed E-state index contributed by atoms with van der Waals surface area (Å²) in [5.41, 5.74) is 9.83. The van der Waals surface area contributed by atoms with Gasteiger partial charge in [-0.05, 0) is 99.7 Å². The van der Waals surface area contributed by atoms with Gasteiger partial charge in [-0.1, -0.05) is 53.7 Å². The summed E-state index contributed by atoms with van der Waals surface area (Å²) in [5, 5.41) is 0. The Morgan fingerprint density at radius 2 is 1.40 bits per heavy atom. The zero-order chi connectivity index (χ0) is 22.3. The molecular weight excluding hydrogens is 479 g/mol. The van der Waals surface area contributed by atoms with E-state index in [1.807, 2.05) is 0 Å². The minimum absolute atomic E-state index is 0.326. The average molecular weight is 517 g/mol. The first-order chi connectivity index (χ1) is 14.0. The predicted octanol–water partition coefficient (Wildman–Crippen LogP) is 8.21. The third-order valence-corrected chi connectivity index (χ3v) is 7.59. The molecule has 0 spiro atoms. The molecule has 0 amide bonds. The standard InChI is InChI=1S/C27H37IN2/c1-16(2)21-12-23(17(3)4)27(24(13-21)18(5)6)22-14-25(28)19(7)26(15-22)30-11-10-29(9)20(30)8/h10-18,20H,1-9H3/t20-/m0/s1. The van der Waals surface area contributed by atoms with Crippen molar-refractivity contribution in [1.29, 1.82) is 0 Å². The highest BCUT2D eigenvalue weighted by atomic mass is 127. The smallest absolute Gasteiger partial charge is 0.102 e. The Bertz CT molecular complexity index is 927. The van der Waals surface area contributed by atoms with E-state index in [0.717, 1.165) is 0 Å². The molecular formula is C27H37IN2. The summed E-state index contributed by atoms with van der Waals surface area (Å²) in [5.74, 6) is 1.50. The minimum atomic E-state index is 0.326. The Labute approximate surface area is 197 Å². The summed E-state index contributed by atoms with van der Waals surface area (Å²) in [7, 11) is 2.14. The lowest BCUT2D eigenvalue weighted by Gasteiger charge is -2.30. The number of anilines is 1. The summed E-state index contributed by atoms with van der Waals surface area (Å²) in [6.45, 7) is 18.4. The van der Waals surface area contributed by atoms with Crippen LogP contribution in [0.15, 0.2) is 36.7 Å². The normalized spacial score (nSPS) is 16.6. The van der Waals surface area contributed by atoms with Crippen LogP contribution in [0.4, 0.5) is 5.69 Å². The second-order valence-corrected chi connectivity index (χ2v) is 10.8. The molecule has 1 aliphatic heterocycles. The van der Waals surface area contributed by atoms with E-state index in [4.69, 9.17) is 0 Å². The van der Waals surface area contributed by atoms with Crippen LogP contribution in [-0.4, -0.2) is 18.1 Å². The monoisotopic (exact) mass is 516 g/mol. The average Bonchev–Trinajstić information content (AvgIpc) is 3.01. The summed E-state index contributed by atoms with van der Waals surface area (Å²) in [6.07, 6.45) is 4.70. The number of hydrogen-bond donors (Lipinski definition) is 0. The first-order valence-electron chi connectivity index (χ1n) is 11.2. The Kier molecular flexibility index (Phi) is 6.91. The first kappa shape index (κ1) is 23.2. The number of hydrogen-bond acceptors (Lipinski definition) is 2. The minimum Gasteiger partial charge on any atom is -0.359 e. The third-order valence-electron chi connectivity index (χ3n) is 6.47. The van der Waals surface area contributed by atoms with Crippen molar-refractivity contribution in [2.24, 2.45) is 0 Å². The second-order valence-electron chi connectivity index (χ2n) is 9.64. The molecule has 162 valence electrons. The van der Waals surface area contributed by atoms with Gasteiger partial charge in [-0.3, -0.25) is 0 Å². The predicted molar refractivity (Wildman–Crippen MR) is 140 cm³/mol. The van der Waals surface area contributed by atoms with Gasteiger partial charge in [0.05, 0.1) is 0 Å². The van der Waals surface area contributed by atoms with Gasteiger partial charge in [0.25, 0.3) is 0 Å². The highest BCUT2D eigenvalue weighted by Crippen LogP contribution is 2.42. The number of nitrogens with zero attached hydrogens (tertiary/aromatic N) is 2. The largest absolute Gasteiger partial charge is 0.359 e. The van der Waals surface area contributed by atoms with Crippen molar-refractivity contribution < 1.29 is 0 Å². The molecule has 0 saturated carbocycles. The van der Waals surface area contributed by atoms with E-state index in [2.05, 4.69) is 131 Å². The van der Waals surface area contributed by atoms with Crippen molar-refractivity contribution in [3.05, 3.63) is 62.5 Å². The number of rotatable bonds is 5. The maximum Gasteiger partial charge on any atom is 0.102 e. The topological polar surface area (TPSA) is 6.48 Å². The fourth-order valence-corrected chi connectivity index (χ4v) is 4.88. The molecule has 1 atom stereocenters. The third kappa shape index (κ3) is 4.28. The molecule has 1 heterocycles. The Morgan fingerprint density at radius 3 is 1.83 bits per heavy atom. The lowest BCUT2D eigenvalue weighted by atomic mass is 9.81. The van der Waals surface area contributed by atoms with Gasteiger partial charge in [-0.15, -0.1) is 0 Å². The molecule has 0 radical (unpaired) electrons. The maximum atomic E-state index is 2.51. The lowest BCUT2D eigenvalue weighted by Crippen LogP contribution is -2.33. The second kappa shape index (κ2) is 8.94. The van der Waals surface area contributed by atoms with E-state index >= 15 is 0 Å². The molecule has 0 aromatic heterocycles. The molecule has 0 N–H and O–H groups in total. The molecule has 0 aliphatic carbocycles. The first-order valence-corrected chi connectivity index (χ1v) is 12.3. The van der Waals surface area contributed by atoms with Crippen LogP contribution in [0.2, 0.25) is 0 Å². The quantitative estimate of drug-likeness (QED) is 0.370. The number of benzene rings is 2. The fourth-order valence-electron chi connectivity index (χ4n) is 4.27. The highest BCUT2D eigenvalue weighted by molar-refractivity contribution is 14.1. The molecule has 0 unspecified atom stereocenters. The van der Waals surface area contributed by atoms with Gasteiger partial charge >= 0.3 is 0 Å². The van der Waals surface area contributed by atoms with Crippen molar-refractivity contribution in [1.82, 2.24) is 4.90 Å². The van der Waals surface area contributed by atoms with Crippen LogP contribution >= 0.6 is 22.6 Å². The molecule has 3 rings (SSSR count). The summed E-state index contributed by atoms with van der Waals surface area (Å²) >= 11 is 2.51. The maximum absolute atomic E-state index is 2.51. The van der Waals surface area contributed by atoms with E-state index in [9.17, 15) is 0 Å². The number of halogens is 1. The molecule has 1 aliphatic rings. The fraction of sp³-hybridized carbons (Fsp3) is 0.481. The SMILES string of the molecule is Cc1c(I)cc(-c2c(C(C)C)cc(C(C)C)cc2C(C)C)cc1N1C=CN(C)[C@@H]1C. The van der Waals surface area contributed by atoms with Crippen molar-refractivity contribution in [3.8, 4) is 11.1 Å². The van der Waals surface area contributed by atoms with Crippen LogP contribution < -0.4 is 4.90 Å². The molecule has 2 aromatic carbocycles. The van der Waals surface area contributed by atoms with Gasteiger partial charge in [0.1, 0.15) is 6.17 Å². The van der Waals surface area contributed by atoms with Crippen LogP contribution in [0.5, 0.6) is 0 Å². The van der Waals surface area contributed by atoms with E-state index in [1.165, 1.54) is 42.6 Å². The molecule has 30 heavy (non-hydrogen) atoms. The molecule has 0 saturated heterocycles. The molecule has 2 aromatic rings. The van der Waals surface area contributed by atoms with Crippen molar-refractivity contribution in [3.63, 3.8) is 0 Å². The molecule has 0 bridgehead atoms. The van der Waals surface area contributed by atoms with Crippen LogP contribution in [0, 0.1) is 10.5 Å². The zero-order valence-electron chi connectivity index (χ0n) is 20.0. The summed E-state index contributed by atoms with van der Waals surface area (Å²) < 4.78 is 1.33. The van der Waals surface area contributed by atoms with Crippen LogP contribution in [0.25, 0.3) is 11.1 Å². The van der Waals surface area contributed by atoms with Gasteiger partial charge in [-0.25, -0.2) is 0 Å². The van der Waals surface area contributed by atoms with E-state index in [1.54, 1.807) is 0 Å². The Balaban J connectivity index is 2.29. The van der Waals surface area contributed by atoms with E-state index in [-0.39, 0.29) is 0 Å². The van der Waals surface area contributed by atoms with Gasteiger partial charge in [0.2, 0.25) is 0 Å². The van der Waals surface area contributed by atoms with Crippen molar-refractivity contribution in [2.45, 2.75) is 79.3 Å². The van der Waals surface area contributed by atoms with E-state index < -0.39 is 0 Å². The van der Waals surface area contributed by atoms with Gasteiger partial charge in [0, 0.05) is 28.7 Å². The highest BCUT2D eigenvalue weighted by Gasteiger charge is 2.25. The molecule has 3 heteroatoms. The van der Waals surface area contributed by atoms with Crippen LogP contribution in [-0.2, 0) is 0 Å². The molecule has 0 fully saturated rings.